The number of carbonyl (C=O) groups is 1. The summed E-state index contributed by atoms with van der Waals surface area (Å²) in [6, 6.07) is 12.6. The minimum Gasteiger partial charge on any atom is -0.406 e. The van der Waals surface area contributed by atoms with Crippen LogP contribution in [-0.4, -0.2) is 27.9 Å². The molecule has 188 valence electrons. The Balaban J connectivity index is 2.33. The first-order valence-electron chi connectivity index (χ1n) is 11.2. The first-order chi connectivity index (χ1) is 17.0. The summed E-state index contributed by atoms with van der Waals surface area (Å²) in [5.74, 6) is -0.531. The zero-order chi connectivity index (χ0) is 26.7. The number of carbonyl (C=O) groups excluding carboxylic acids is 1. The van der Waals surface area contributed by atoms with Crippen LogP contribution in [0.2, 0.25) is 0 Å². The molecule has 36 heavy (non-hydrogen) atoms. The Bertz CT molecular complexity index is 1250. The number of alkyl halides is 3. The number of hydrogen-bond donors (Lipinski definition) is 1. The number of hydrogen-bond acceptors (Lipinski definition) is 4. The summed E-state index contributed by atoms with van der Waals surface area (Å²) in [6.45, 7) is 8.83. The normalized spacial score (nSPS) is 22.7. The van der Waals surface area contributed by atoms with Crippen molar-refractivity contribution in [1.82, 2.24) is 4.90 Å². The van der Waals surface area contributed by atoms with Gasteiger partial charge in [0.25, 0.3) is 0 Å². The van der Waals surface area contributed by atoms with E-state index in [1.165, 1.54) is 29.2 Å². The van der Waals surface area contributed by atoms with E-state index < -0.39 is 29.4 Å². The highest BCUT2D eigenvalue weighted by Gasteiger charge is 2.65. The maximum Gasteiger partial charge on any atom is 0.573 e. The van der Waals surface area contributed by atoms with E-state index in [0.717, 1.165) is 17.0 Å². The number of benzene rings is 2. The van der Waals surface area contributed by atoms with Crippen LogP contribution in [0.5, 0.6) is 5.75 Å². The van der Waals surface area contributed by atoms with Gasteiger partial charge in [-0.1, -0.05) is 37.8 Å². The van der Waals surface area contributed by atoms with Crippen LogP contribution in [0.4, 0.5) is 23.7 Å². The lowest BCUT2D eigenvalue weighted by Gasteiger charge is -2.45. The summed E-state index contributed by atoms with van der Waals surface area (Å²) in [7, 11) is 0. The molecule has 1 unspecified atom stereocenters. The third-order valence-electron chi connectivity index (χ3n) is 6.25. The number of halogens is 3. The zero-order valence-electron chi connectivity index (χ0n) is 20.1. The Hall–Kier alpha value is -4.03. The lowest BCUT2D eigenvalue weighted by atomic mass is 9.79. The topological polar surface area (TPSA) is 76.8 Å². The van der Waals surface area contributed by atoms with Crippen molar-refractivity contribution in [1.29, 1.82) is 5.26 Å². The molecule has 2 aromatic rings. The van der Waals surface area contributed by atoms with Crippen LogP contribution in [-0.2, 0) is 5.72 Å². The summed E-state index contributed by atoms with van der Waals surface area (Å²) in [6.07, 6.45) is 1.51. The molecule has 2 atom stereocenters. The predicted molar refractivity (Wildman–Crippen MR) is 130 cm³/mol. The summed E-state index contributed by atoms with van der Waals surface area (Å²) in [5.41, 5.74) is -2.40. The number of urea groups is 1. The van der Waals surface area contributed by atoms with E-state index in [1.807, 2.05) is 6.07 Å². The van der Waals surface area contributed by atoms with Gasteiger partial charge < -0.3 is 9.84 Å². The number of allylic oxidation sites excluding steroid dienone is 4. The Morgan fingerprint density at radius 2 is 1.92 bits per heavy atom. The van der Waals surface area contributed by atoms with Crippen molar-refractivity contribution in [3.8, 4) is 11.8 Å². The molecule has 1 aliphatic rings. The second-order valence-electron chi connectivity index (χ2n) is 8.31. The molecular weight excluding hydrogens is 471 g/mol. The molecule has 1 fully saturated rings. The molecule has 0 aliphatic carbocycles. The van der Waals surface area contributed by atoms with Gasteiger partial charge in [-0.3, -0.25) is 9.80 Å². The number of nitrogens with zero attached hydrogens (tertiary/aromatic N) is 3. The van der Waals surface area contributed by atoms with Crippen LogP contribution in [0, 0.1) is 11.3 Å². The van der Waals surface area contributed by atoms with E-state index in [4.69, 9.17) is 0 Å². The van der Waals surface area contributed by atoms with E-state index >= 15 is 0 Å². The molecule has 1 heterocycles. The quantitative estimate of drug-likeness (QED) is 0.452. The van der Waals surface area contributed by atoms with E-state index in [-0.39, 0.29) is 17.7 Å². The number of amides is 2. The molecule has 0 saturated carbocycles. The van der Waals surface area contributed by atoms with E-state index in [2.05, 4.69) is 11.3 Å². The van der Waals surface area contributed by atoms with Gasteiger partial charge in [-0.25, -0.2) is 4.79 Å². The van der Waals surface area contributed by atoms with Crippen molar-refractivity contribution in [2.45, 2.75) is 44.8 Å². The standard InChI is InChI=1S/C27H26F3N3O3/c1-5-9-21(10-6-2)33-24(34)32(22-15-13-19(18-31)14-16-22)25(4,7-3)26(33,35)20-11-8-12-23(17-20)36-27(28,29)30/h5-6,8-17,35H,1,7H2,2-4H3/b10-6-,21-9+/t25-,26?/m1/s1. The molecule has 0 spiro atoms. The van der Waals surface area contributed by atoms with Gasteiger partial charge in [0, 0.05) is 16.9 Å². The smallest absolute Gasteiger partial charge is 0.406 e. The molecule has 0 radical (unpaired) electrons. The summed E-state index contributed by atoms with van der Waals surface area (Å²) >= 11 is 0. The molecule has 2 aromatic carbocycles. The van der Waals surface area contributed by atoms with E-state index in [9.17, 15) is 28.3 Å². The number of ether oxygens (including phenoxy) is 1. The highest BCUT2D eigenvalue weighted by atomic mass is 19.4. The minimum absolute atomic E-state index is 0.0255. The molecule has 0 aromatic heterocycles. The summed E-state index contributed by atoms with van der Waals surface area (Å²) in [4.78, 5) is 16.6. The van der Waals surface area contributed by atoms with Crippen LogP contribution in [0.15, 0.2) is 85.1 Å². The molecule has 1 saturated heterocycles. The molecule has 1 N–H and O–H groups in total. The monoisotopic (exact) mass is 497 g/mol. The number of anilines is 1. The number of rotatable bonds is 7. The second-order valence-corrected chi connectivity index (χ2v) is 8.31. The molecule has 1 aliphatic heterocycles. The first kappa shape index (κ1) is 26.6. The fraction of sp³-hybridized carbons (Fsp3) is 0.259. The van der Waals surface area contributed by atoms with Crippen molar-refractivity contribution in [3.05, 3.63) is 96.2 Å². The average Bonchev–Trinajstić information content (AvgIpc) is 3.01. The van der Waals surface area contributed by atoms with Crippen molar-refractivity contribution >= 4 is 11.7 Å². The molecule has 9 heteroatoms. The minimum atomic E-state index is -4.94. The van der Waals surface area contributed by atoms with Gasteiger partial charge in [-0.15, -0.1) is 13.2 Å². The van der Waals surface area contributed by atoms with E-state index in [1.54, 1.807) is 57.2 Å². The fourth-order valence-corrected chi connectivity index (χ4v) is 4.47. The molecular formula is C27H26F3N3O3. The van der Waals surface area contributed by atoms with Gasteiger partial charge in [-0.05, 0) is 68.8 Å². The van der Waals surface area contributed by atoms with Crippen LogP contribution >= 0.6 is 0 Å². The van der Waals surface area contributed by atoms with Gasteiger partial charge in [0.2, 0.25) is 0 Å². The molecule has 6 nitrogen and oxygen atoms in total. The summed E-state index contributed by atoms with van der Waals surface area (Å²) in [5, 5.41) is 21.6. The van der Waals surface area contributed by atoms with Gasteiger partial charge in [0.15, 0.2) is 5.72 Å². The Labute approximate surface area is 207 Å². The SMILES string of the molecule is C=C/C=C(\C=C/C)N1C(=O)N(c2ccc(C#N)cc2)[C@](C)(CC)C1(O)c1cccc(OC(F)(F)F)c1. The third kappa shape index (κ3) is 4.48. The average molecular weight is 498 g/mol. The molecule has 3 rings (SSSR count). The number of nitriles is 1. The first-order valence-corrected chi connectivity index (χ1v) is 11.2. The van der Waals surface area contributed by atoms with Crippen LogP contribution in [0.25, 0.3) is 0 Å². The van der Waals surface area contributed by atoms with Crippen LogP contribution in [0.3, 0.4) is 0 Å². The lowest BCUT2D eigenvalue weighted by Crippen LogP contribution is -2.57. The zero-order valence-corrected chi connectivity index (χ0v) is 20.1. The van der Waals surface area contributed by atoms with Crippen molar-refractivity contribution in [2.24, 2.45) is 0 Å². The van der Waals surface area contributed by atoms with Gasteiger partial charge in [-0.2, -0.15) is 5.26 Å². The van der Waals surface area contributed by atoms with Gasteiger partial charge in [0.05, 0.1) is 17.2 Å². The number of aliphatic hydroxyl groups is 1. The van der Waals surface area contributed by atoms with Crippen molar-refractivity contribution in [3.63, 3.8) is 0 Å². The third-order valence-corrected chi connectivity index (χ3v) is 6.25. The fourth-order valence-electron chi connectivity index (χ4n) is 4.47. The molecule has 2 amide bonds. The predicted octanol–water partition coefficient (Wildman–Crippen LogP) is 6.36. The highest BCUT2D eigenvalue weighted by Crippen LogP contribution is 2.52. The largest absolute Gasteiger partial charge is 0.573 e. The van der Waals surface area contributed by atoms with Gasteiger partial charge >= 0.3 is 12.4 Å². The van der Waals surface area contributed by atoms with Crippen LogP contribution in [0.1, 0.15) is 38.3 Å². The van der Waals surface area contributed by atoms with Crippen LogP contribution < -0.4 is 9.64 Å². The second kappa shape index (κ2) is 9.91. The summed E-state index contributed by atoms with van der Waals surface area (Å²) < 4.78 is 43.0. The Morgan fingerprint density at radius 3 is 2.44 bits per heavy atom. The maximum atomic E-state index is 14.0. The highest BCUT2D eigenvalue weighted by molar-refractivity contribution is 5.99. The Kier molecular flexibility index (Phi) is 7.32. The lowest BCUT2D eigenvalue weighted by molar-refractivity contribution is -0.274. The maximum absolute atomic E-state index is 14.0. The molecule has 0 bridgehead atoms. The van der Waals surface area contributed by atoms with Crippen molar-refractivity contribution < 1.29 is 27.8 Å². The van der Waals surface area contributed by atoms with Gasteiger partial charge in [0.1, 0.15) is 5.75 Å². The van der Waals surface area contributed by atoms with E-state index in [0.29, 0.717) is 11.3 Å². The Morgan fingerprint density at radius 1 is 1.25 bits per heavy atom. The van der Waals surface area contributed by atoms with Crippen molar-refractivity contribution in [2.75, 3.05) is 4.90 Å².